The minimum atomic E-state index is -0.0115. The van der Waals surface area contributed by atoms with Gasteiger partial charge in [0.25, 0.3) is 0 Å². The molecule has 2 aromatic carbocycles. The number of benzene rings is 2. The highest BCUT2D eigenvalue weighted by molar-refractivity contribution is 5.97. The number of aryl methyl sites for hydroxylation is 1. The van der Waals surface area contributed by atoms with Gasteiger partial charge in [-0.05, 0) is 43.5 Å². The van der Waals surface area contributed by atoms with Gasteiger partial charge in [-0.2, -0.15) is 0 Å². The molecule has 1 N–H and O–H groups in total. The van der Waals surface area contributed by atoms with Crippen molar-refractivity contribution in [3.05, 3.63) is 66.6 Å². The first-order valence-corrected chi connectivity index (χ1v) is 10.2. The van der Waals surface area contributed by atoms with Gasteiger partial charge in [0.1, 0.15) is 17.9 Å². The van der Waals surface area contributed by atoms with Crippen LogP contribution < -0.4 is 15.0 Å². The van der Waals surface area contributed by atoms with Gasteiger partial charge in [-0.1, -0.05) is 30.3 Å². The Bertz CT molecular complexity index is 1030. The van der Waals surface area contributed by atoms with E-state index in [9.17, 15) is 4.79 Å². The Balaban J connectivity index is 1.44. The number of amides is 1. The number of para-hydroxylation sites is 1. The predicted octanol–water partition coefficient (Wildman–Crippen LogP) is 4.32. The molecule has 4 rings (SSSR count). The Morgan fingerprint density at radius 3 is 2.63 bits per heavy atom. The van der Waals surface area contributed by atoms with E-state index in [0.717, 1.165) is 60.0 Å². The van der Waals surface area contributed by atoms with Gasteiger partial charge in [-0.25, -0.2) is 9.97 Å². The highest BCUT2D eigenvalue weighted by atomic mass is 16.5. The fraction of sp³-hybridized carbons (Fsp3) is 0.292. The van der Waals surface area contributed by atoms with Gasteiger partial charge in [0, 0.05) is 42.0 Å². The predicted molar refractivity (Wildman–Crippen MR) is 119 cm³/mol. The molecule has 0 saturated carbocycles. The second-order valence-corrected chi connectivity index (χ2v) is 7.55. The van der Waals surface area contributed by atoms with Crippen LogP contribution in [0.5, 0.6) is 5.75 Å². The van der Waals surface area contributed by atoms with Crippen LogP contribution in [0.25, 0.3) is 11.1 Å². The van der Waals surface area contributed by atoms with Crippen LogP contribution in [0.15, 0.2) is 60.9 Å². The molecule has 6 heteroatoms. The molecule has 1 saturated heterocycles. The van der Waals surface area contributed by atoms with Crippen molar-refractivity contribution in [2.24, 2.45) is 5.92 Å². The standard InChI is InChI=1S/C24H26N4O2/c1-17-14-23(26-16-25-17)28-12-10-18(11-13-28)24(29)27-22-9-4-3-8-21(22)19-6-5-7-20(15-19)30-2/h3-9,14-16,18H,10-13H2,1-2H3,(H,27,29). The van der Waals surface area contributed by atoms with Gasteiger partial charge in [0.2, 0.25) is 5.91 Å². The second kappa shape index (κ2) is 8.95. The van der Waals surface area contributed by atoms with E-state index < -0.39 is 0 Å². The number of nitrogens with zero attached hydrogens (tertiary/aromatic N) is 3. The molecule has 6 nitrogen and oxygen atoms in total. The molecule has 0 unspecified atom stereocenters. The van der Waals surface area contributed by atoms with Crippen LogP contribution in [-0.2, 0) is 4.79 Å². The topological polar surface area (TPSA) is 67.3 Å². The number of hydrogen-bond donors (Lipinski definition) is 1. The van der Waals surface area contributed by atoms with Crippen molar-refractivity contribution >= 4 is 17.4 Å². The van der Waals surface area contributed by atoms with Crippen molar-refractivity contribution in [1.82, 2.24) is 9.97 Å². The largest absolute Gasteiger partial charge is 0.497 e. The summed E-state index contributed by atoms with van der Waals surface area (Å²) in [6.45, 7) is 3.59. The summed E-state index contributed by atoms with van der Waals surface area (Å²) in [4.78, 5) is 23.7. The quantitative estimate of drug-likeness (QED) is 0.689. The van der Waals surface area contributed by atoms with Gasteiger partial charge in [-0.15, -0.1) is 0 Å². The van der Waals surface area contributed by atoms with Crippen molar-refractivity contribution in [2.75, 3.05) is 30.4 Å². The maximum Gasteiger partial charge on any atom is 0.227 e. The molecule has 1 aliphatic rings. The zero-order chi connectivity index (χ0) is 20.9. The monoisotopic (exact) mass is 402 g/mol. The fourth-order valence-electron chi connectivity index (χ4n) is 3.85. The van der Waals surface area contributed by atoms with E-state index in [1.165, 1.54) is 0 Å². The van der Waals surface area contributed by atoms with Crippen LogP contribution in [0.4, 0.5) is 11.5 Å². The molecular formula is C24H26N4O2. The van der Waals surface area contributed by atoms with Gasteiger partial charge in [-0.3, -0.25) is 4.79 Å². The summed E-state index contributed by atoms with van der Waals surface area (Å²) in [5.74, 6) is 1.79. The van der Waals surface area contributed by atoms with E-state index in [4.69, 9.17) is 4.74 Å². The normalized spacial score (nSPS) is 14.4. The van der Waals surface area contributed by atoms with Crippen LogP contribution in [0.1, 0.15) is 18.5 Å². The zero-order valence-corrected chi connectivity index (χ0v) is 17.3. The third kappa shape index (κ3) is 4.43. The molecule has 0 atom stereocenters. The first kappa shape index (κ1) is 19.9. The van der Waals surface area contributed by atoms with Crippen molar-refractivity contribution in [2.45, 2.75) is 19.8 Å². The smallest absolute Gasteiger partial charge is 0.227 e. The van der Waals surface area contributed by atoms with E-state index >= 15 is 0 Å². The number of carbonyl (C=O) groups is 1. The lowest BCUT2D eigenvalue weighted by molar-refractivity contribution is -0.120. The summed E-state index contributed by atoms with van der Waals surface area (Å²) < 4.78 is 5.35. The molecule has 3 aromatic rings. The van der Waals surface area contributed by atoms with Crippen LogP contribution in [0.2, 0.25) is 0 Å². The number of aromatic nitrogens is 2. The maximum absolute atomic E-state index is 13.0. The lowest BCUT2D eigenvalue weighted by atomic mass is 9.95. The lowest BCUT2D eigenvalue weighted by Gasteiger charge is -2.32. The number of ether oxygens (including phenoxy) is 1. The first-order chi connectivity index (χ1) is 14.6. The molecule has 2 heterocycles. The molecule has 1 aromatic heterocycles. The number of methoxy groups -OCH3 is 1. The minimum absolute atomic E-state index is 0.0115. The van der Waals surface area contributed by atoms with E-state index in [-0.39, 0.29) is 11.8 Å². The Hall–Kier alpha value is -3.41. The van der Waals surface area contributed by atoms with Crippen molar-refractivity contribution in [3.8, 4) is 16.9 Å². The summed E-state index contributed by atoms with van der Waals surface area (Å²) in [6, 6.07) is 17.8. The van der Waals surface area contributed by atoms with Crippen LogP contribution >= 0.6 is 0 Å². The Kier molecular flexibility index (Phi) is 5.93. The van der Waals surface area contributed by atoms with Crippen molar-refractivity contribution in [3.63, 3.8) is 0 Å². The van der Waals surface area contributed by atoms with E-state index in [1.54, 1.807) is 13.4 Å². The fourth-order valence-corrected chi connectivity index (χ4v) is 3.85. The molecule has 0 spiro atoms. The highest BCUT2D eigenvalue weighted by Gasteiger charge is 2.26. The van der Waals surface area contributed by atoms with Crippen LogP contribution in [0.3, 0.4) is 0 Å². The summed E-state index contributed by atoms with van der Waals surface area (Å²) in [6.07, 6.45) is 3.20. The van der Waals surface area contributed by atoms with Crippen molar-refractivity contribution in [1.29, 1.82) is 0 Å². The third-order valence-corrected chi connectivity index (χ3v) is 5.54. The zero-order valence-electron chi connectivity index (χ0n) is 17.3. The molecule has 0 bridgehead atoms. The molecule has 1 amide bonds. The average molecular weight is 402 g/mol. The number of carbonyl (C=O) groups excluding carboxylic acids is 1. The molecule has 30 heavy (non-hydrogen) atoms. The van der Waals surface area contributed by atoms with Crippen LogP contribution in [0, 0.1) is 12.8 Å². The second-order valence-electron chi connectivity index (χ2n) is 7.55. The first-order valence-electron chi connectivity index (χ1n) is 10.2. The molecule has 0 aliphatic carbocycles. The number of hydrogen-bond acceptors (Lipinski definition) is 5. The number of rotatable bonds is 5. The number of nitrogens with one attached hydrogen (secondary N) is 1. The summed E-state index contributed by atoms with van der Waals surface area (Å²) >= 11 is 0. The average Bonchev–Trinajstić information content (AvgIpc) is 2.79. The lowest BCUT2D eigenvalue weighted by Crippen LogP contribution is -2.38. The summed E-state index contributed by atoms with van der Waals surface area (Å²) in [7, 11) is 1.65. The van der Waals surface area contributed by atoms with E-state index in [1.807, 2.05) is 61.5 Å². The third-order valence-electron chi connectivity index (χ3n) is 5.54. The molecule has 0 radical (unpaired) electrons. The maximum atomic E-state index is 13.0. The summed E-state index contributed by atoms with van der Waals surface area (Å²) in [5, 5.41) is 3.16. The van der Waals surface area contributed by atoms with Crippen molar-refractivity contribution < 1.29 is 9.53 Å². The molecule has 154 valence electrons. The number of anilines is 2. The minimum Gasteiger partial charge on any atom is -0.497 e. The van der Waals surface area contributed by atoms with E-state index in [0.29, 0.717) is 0 Å². The molecular weight excluding hydrogens is 376 g/mol. The van der Waals surface area contributed by atoms with Crippen LogP contribution in [-0.4, -0.2) is 36.1 Å². The molecule has 1 aliphatic heterocycles. The summed E-state index contributed by atoms with van der Waals surface area (Å²) in [5.41, 5.74) is 3.77. The SMILES string of the molecule is COc1cccc(-c2ccccc2NC(=O)C2CCN(c3cc(C)ncn3)CC2)c1. The number of piperidine rings is 1. The van der Waals surface area contributed by atoms with Gasteiger partial charge < -0.3 is 15.0 Å². The van der Waals surface area contributed by atoms with Gasteiger partial charge in [0.15, 0.2) is 0 Å². The van der Waals surface area contributed by atoms with E-state index in [2.05, 4.69) is 20.2 Å². The molecule has 1 fully saturated rings. The highest BCUT2D eigenvalue weighted by Crippen LogP contribution is 2.31. The Morgan fingerprint density at radius 1 is 1.07 bits per heavy atom. The Labute approximate surface area is 176 Å². The van der Waals surface area contributed by atoms with Gasteiger partial charge >= 0.3 is 0 Å². The van der Waals surface area contributed by atoms with Gasteiger partial charge in [0.05, 0.1) is 7.11 Å². The Morgan fingerprint density at radius 2 is 1.87 bits per heavy atom.